The molecule has 2 aliphatic heterocycles. The largest absolute Gasteiger partial charge is 0.381 e. The molecule has 0 N–H and O–H groups in total. The van der Waals surface area contributed by atoms with Gasteiger partial charge in [0.2, 0.25) is 0 Å². The lowest BCUT2D eigenvalue weighted by Gasteiger charge is -2.43. The number of nitrogens with zero attached hydrogens (tertiary/aromatic N) is 1. The van der Waals surface area contributed by atoms with Gasteiger partial charge in [-0.1, -0.05) is 15.9 Å². The van der Waals surface area contributed by atoms with Crippen molar-refractivity contribution in [1.82, 2.24) is 4.90 Å². The average molecular weight is 306 g/mol. The molecule has 0 bridgehead atoms. The molecule has 0 aromatic heterocycles. The molecular formula is C13H24BrNO2. The molecule has 2 rings (SSSR count). The molecule has 0 amide bonds. The van der Waals surface area contributed by atoms with E-state index in [0.29, 0.717) is 17.6 Å². The molecule has 17 heavy (non-hydrogen) atoms. The molecule has 0 radical (unpaired) electrons. The van der Waals surface area contributed by atoms with Gasteiger partial charge < -0.3 is 9.47 Å². The minimum atomic E-state index is 0.367. The molecule has 100 valence electrons. The second-order valence-electron chi connectivity index (χ2n) is 5.70. The fraction of sp³-hybridized carbons (Fsp3) is 1.00. The van der Waals surface area contributed by atoms with Crippen LogP contribution >= 0.6 is 15.9 Å². The minimum absolute atomic E-state index is 0.367. The van der Waals surface area contributed by atoms with E-state index >= 15 is 0 Å². The highest BCUT2D eigenvalue weighted by Crippen LogP contribution is 2.34. The fourth-order valence-electron chi connectivity index (χ4n) is 3.03. The van der Waals surface area contributed by atoms with Crippen LogP contribution in [0.5, 0.6) is 0 Å². The Morgan fingerprint density at radius 2 is 1.76 bits per heavy atom. The van der Waals surface area contributed by atoms with E-state index in [4.69, 9.17) is 9.47 Å². The van der Waals surface area contributed by atoms with Crippen LogP contribution in [0, 0.1) is 5.41 Å². The van der Waals surface area contributed by atoms with Crippen LogP contribution < -0.4 is 0 Å². The lowest BCUT2D eigenvalue weighted by Crippen LogP contribution is -2.51. The first-order valence-corrected chi connectivity index (χ1v) is 7.77. The van der Waals surface area contributed by atoms with Gasteiger partial charge in [-0.3, -0.25) is 4.90 Å². The van der Waals surface area contributed by atoms with E-state index in [0.717, 1.165) is 31.6 Å². The first-order chi connectivity index (χ1) is 8.13. The van der Waals surface area contributed by atoms with E-state index in [1.54, 1.807) is 0 Å². The zero-order chi connectivity index (χ0) is 12.3. The van der Waals surface area contributed by atoms with Crippen molar-refractivity contribution in [2.45, 2.75) is 38.9 Å². The zero-order valence-corrected chi connectivity index (χ0v) is 12.5. The summed E-state index contributed by atoms with van der Waals surface area (Å²) in [7, 11) is 0. The molecule has 0 spiro atoms. The van der Waals surface area contributed by atoms with Crippen molar-refractivity contribution in [3.8, 4) is 0 Å². The van der Waals surface area contributed by atoms with Crippen LogP contribution in [0.4, 0.5) is 0 Å². The molecule has 0 aromatic carbocycles. The maximum Gasteiger partial charge on any atom is 0.0678 e. The van der Waals surface area contributed by atoms with Gasteiger partial charge in [0.25, 0.3) is 0 Å². The number of alkyl halides is 1. The Hall–Kier alpha value is 0.360. The second kappa shape index (κ2) is 6.00. The summed E-state index contributed by atoms with van der Waals surface area (Å²) in [6, 6.07) is 0. The molecule has 3 nitrogen and oxygen atoms in total. The van der Waals surface area contributed by atoms with Gasteiger partial charge in [0.1, 0.15) is 0 Å². The Morgan fingerprint density at radius 1 is 1.18 bits per heavy atom. The van der Waals surface area contributed by atoms with Crippen molar-refractivity contribution in [1.29, 1.82) is 0 Å². The standard InChI is InChI=1S/C13H24BrNO2/c1-11-7-15(8-12(2)17-11)10-13(9-14)3-5-16-6-4-13/h11-12H,3-10H2,1-2H3/t11-,12+. The highest BCUT2D eigenvalue weighted by atomic mass is 79.9. The monoisotopic (exact) mass is 305 g/mol. The predicted octanol–water partition coefficient (Wildman–Crippen LogP) is 2.29. The summed E-state index contributed by atoms with van der Waals surface area (Å²) >= 11 is 3.71. The van der Waals surface area contributed by atoms with Crippen molar-refractivity contribution in [2.24, 2.45) is 5.41 Å². The number of rotatable bonds is 3. The number of hydrogen-bond donors (Lipinski definition) is 0. The number of halogens is 1. The van der Waals surface area contributed by atoms with Gasteiger partial charge >= 0.3 is 0 Å². The Balaban J connectivity index is 1.93. The summed E-state index contributed by atoms with van der Waals surface area (Å²) < 4.78 is 11.3. The van der Waals surface area contributed by atoms with Gasteiger partial charge in [-0.2, -0.15) is 0 Å². The van der Waals surface area contributed by atoms with Crippen LogP contribution in [0.3, 0.4) is 0 Å². The summed E-state index contributed by atoms with van der Waals surface area (Å²) in [6.45, 7) is 9.50. The second-order valence-corrected chi connectivity index (χ2v) is 6.26. The van der Waals surface area contributed by atoms with Gasteiger partial charge in [-0.05, 0) is 32.1 Å². The van der Waals surface area contributed by atoms with Gasteiger partial charge in [0.15, 0.2) is 0 Å². The summed E-state index contributed by atoms with van der Waals surface area (Å²) in [6.07, 6.45) is 3.09. The molecule has 2 aliphatic rings. The van der Waals surface area contributed by atoms with E-state index in [1.807, 2.05) is 0 Å². The van der Waals surface area contributed by atoms with E-state index in [1.165, 1.54) is 19.4 Å². The molecule has 2 saturated heterocycles. The van der Waals surface area contributed by atoms with E-state index < -0.39 is 0 Å². The molecule has 2 heterocycles. The van der Waals surface area contributed by atoms with E-state index in [9.17, 15) is 0 Å². The highest BCUT2D eigenvalue weighted by Gasteiger charge is 2.35. The summed E-state index contributed by atoms with van der Waals surface area (Å²) in [5.41, 5.74) is 0.412. The van der Waals surface area contributed by atoms with Crippen LogP contribution in [-0.2, 0) is 9.47 Å². The van der Waals surface area contributed by atoms with E-state index in [2.05, 4.69) is 34.7 Å². The number of morpholine rings is 1. The van der Waals surface area contributed by atoms with Gasteiger partial charge in [0, 0.05) is 38.2 Å². The maximum atomic E-state index is 5.79. The first kappa shape index (κ1) is 13.8. The molecular weight excluding hydrogens is 282 g/mol. The quantitative estimate of drug-likeness (QED) is 0.747. The molecule has 2 fully saturated rings. The Labute approximate surface area is 113 Å². The smallest absolute Gasteiger partial charge is 0.0678 e. The predicted molar refractivity (Wildman–Crippen MR) is 72.7 cm³/mol. The number of hydrogen-bond acceptors (Lipinski definition) is 3. The molecule has 2 atom stereocenters. The molecule has 0 unspecified atom stereocenters. The third kappa shape index (κ3) is 3.66. The highest BCUT2D eigenvalue weighted by molar-refractivity contribution is 9.09. The molecule has 0 saturated carbocycles. The molecule has 0 aliphatic carbocycles. The van der Waals surface area contributed by atoms with Crippen LogP contribution in [0.1, 0.15) is 26.7 Å². The maximum absolute atomic E-state index is 5.79. The summed E-state index contributed by atoms with van der Waals surface area (Å²) in [4.78, 5) is 2.57. The van der Waals surface area contributed by atoms with Crippen molar-refractivity contribution < 1.29 is 9.47 Å². The summed E-state index contributed by atoms with van der Waals surface area (Å²) in [5, 5.41) is 1.09. The third-order valence-electron chi connectivity index (χ3n) is 3.89. The van der Waals surface area contributed by atoms with Crippen LogP contribution in [0.15, 0.2) is 0 Å². The van der Waals surface area contributed by atoms with Crippen LogP contribution in [0.25, 0.3) is 0 Å². The molecule has 4 heteroatoms. The van der Waals surface area contributed by atoms with Crippen molar-refractivity contribution in [3.63, 3.8) is 0 Å². The SMILES string of the molecule is C[C@@H]1CN(CC2(CBr)CCOCC2)C[C@H](C)O1. The van der Waals surface area contributed by atoms with Crippen molar-refractivity contribution >= 4 is 15.9 Å². The van der Waals surface area contributed by atoms with Crippen molar-refractivity contribution in [2.75, 3.05) is 38.2 Å². The average Bonchev–Trinajstić information content (AvgIpc) is 2.29. The summed E-state index contributed by atoms with van der Waals surface area (Å²) in [5.74, 6) is 0. The van der Waals surface area contributed by atoms with E-state index in [-0.39, 0.29) is 0 Å². The van der Waals surface area contributed by atoms with Crippen molar-refractivity contribution in [3.05, 3.63) is 0 Å². The fourth-order valence-corrected chi connectivity index (χ4v) is 3.76. The third-order valence-corrected chi connectivity index (χ3v) is 5.08. The first-order valence-electron chi connectivity index (χ1n) is 6.65. The normalized spacial score (nSPS) is 34.8. The molecule has 0 aromatic rings. The van der Waals surface area contributed by atoms with Crippen LogP contribution in [-0.4, -0.2) is 55.3 Å². The van der Waals surface area contributed by atoms with Gasteiger partial charge in [0.05, 0.1) is 12.2 Å². The minimum Gasteiger partial charge on any atom is -0.381 e. The van der Waals surface area contributed by atoms with Crippen LogP contribution in [0.2, 0.25) is 0 Å². The lowest BCUT2D eigenvalue weighted by molar-refractivity contribution is -0.0845. The Bertz CT molecular complexity index is 234. The van der Waals surface area contributed by atoms with Gasteiger partial charge in [-0.15, -0.1) is 0 Å². The Morgan fingerprint density at radius 3 is 2.29 bits per heavy atom. The zero-order valence-electron chi connectivity index (χ0n) is 11.0. The van der Waals surface area contributed by atoms with Gasteiger partial charge in [-0.25, -0.2) is 0 Å². The topological polar surface area (TPSA) is 21.7 Å². The lowest BCUT2D eigenvalue weighted by atomic mass is 9.81. The Kier molecular flexibility index (Phi) is 4.87. The number of ether oxygens (including phenoxy) is 2.